The first-order valence-electron chi connectivity index (χ1n) is 26.3. The van der Waals surface area contributed by atoms with Crippen molar-refractivity contribution in [3.8, 4) is 66.8 Å². The number of hydrogen-bond donors (Lipinski definition) is 0. The predicted molar refractivity (Wildman–Crippen MR) is 321 cm³/mol. The summed E-state index contributed by atoms with van der Waals surface area (Å²) in [4.78, 5) is 2.54. The minimum absolute atomic E-state index is 0.532. The molecule has 0 aliphatic heterocycles. The molecule has 13 aromatic rings. The molecular formula is C75H51N. The zero-order valence-corrected chi connectivity index (χ0v) is 41.9. The van der Waals surface area contributed by atoms with Gasteiger partial charge in [0.1, 0.15) is 0 Å². The van der Waals surface area contributed by atoms with E-state index in [4.69, 9.17) is 0 Å². The number of anilines is 3. The van der Waals surface area contributed by atoms with Crippen LogP contribution in [0.2, 0.25) is 0 Å². The molecule has 1 aliphatic rings. The molecule has 1 aliphatic carbocycles. The second-order valence-corrected chi connectivity index (χ2v) is 19.9. The van der Waals surface area contributed by atoms with Crippen LogP contribution < -0.4 is 4.90 Å². The van der Waals surface area contributed by atoms with Gasteiger partial charge in [0.2, 0.25) is 0 Å². The quantitative estimate of drug-likeness (QED) is 0.123. The van der Waals surface area contributed by atoms with Crippen LogP contribution in [0.15, 0.2) is 309 Å². The van der Waals surface area contributed by atoms with Crippen molar-refractivity contribution in [1.82, 2.24) is 0 Å². The maximum atomic E-state index is 2.54. The van der Waals surface area contributed by atoms with Crippen LogP contribution in [0.25, 0.3) is 88.3 Å². The van der Waals surface area contributed by atoms with Crippen molar-refractivity contribution in [2.75, 3.05) is 4.90 Å². The van der Waals surface area contributed by atoms with E-state index < -0.39 is 5.41 Å². The molecule has 0 saturated carbocycles. The number of nitrogens with zero attached hydrogens (tertiary/aromatic N) is 1. The van der Waals surface area contributed by atoms with Crippen molar-refractivity contribution in [2.45, 2.75) is 5.41 Å². The minimum Gasteiger partial charge on any atom is -0.309 e. The van der Waals surface area contributed by atoms with Crippen molar-refractivity contribution in [1.29, 1.82) is 0 Å². The second kappa shape index (κ2) is 18.9. The molecule has 356 valence electrons. The molecule has 0 amide bonds. The Balaban J connectivity index is 1.04. The van der Waals surface area contributed by atoms with Crippen molar-refractivity contribution >= 4 is 38.6 Å². The largest absolute Gasteiger partial charge is 0.309 e. The molecule has 14 rings (SSSR count). The van der Waals surface area contributed by atoms with Crippen LogP contribution in [0.5, 0.6) is 0 Å². The summed E-state index contributed by atoms with van der Waals surface area (Å²) in [6.07, 6.45) is 0. The molecule has 0 atom stereocenters. The van der Waals surface area contributed by atoms with Gasteiger partial charge in [-0.2, -0.15) is 0 Å². The summed E-state index contributed by atoms with van der Waals surface area (Å²) in [5.41, 5.74) is 22.1. The van der Waals surface area contributed by atoms with Crippen LogP contribution in [-0.4, -0.2) is 0 Å². The molecule has 1 heteroatoms. The summed E-state index contributed by atoms with van der Waals surface area (Å²) >= 11 is 0. The highest BCUT2D eigenvalue weighted by Gasteiger charge is 2.46. The van der Waals surface area contributed by atoms with Crippen molar-refractivity contribution < 1.29 is 0 Å². The molecule has 0 N–H and O–H groups in total. The molecule has 0 radical (unpaired) electrons. The highest BCUT2D eigenvalue weighted by molar-refractivity contribution is 6.22. The SMILES string of the molecule is c1ccc(-c2ccc(-c3cccc(-c4c(N(c5ccc(C6(c7ccccc7)c7ccccc7-c7ccccc76)cc5)c5ccc(-c6ccccc6)c(-c6ccccc6)c5)c5ccccc5c5ccccc45)c3)cc2)cc1. The molecule has 0 bridgehead atoms. The van der Waals surface area contributed by atoms with Crippen LogP contribution in [0.3, 0.4) is 0 Å². The first-order chi connectivity index (χ1) is 37.7. The number of rotatable bonds is 10. The van der Waals surface area contributed by atoms with Gasteiger partial charge < -0.3 is 4.90 Å². The van der Waals surface area contributed by atoms with E-state index in [9.17, 15) is 0 Å². The lowest BCUT2D eigenvalue weighted by atomic mass is 9.67. The van der Waals surface area contributed by atoms with E-state index >= 15 is 0 Å². The van der Waals surface area contributed by atoms with Crippen LogP contribution in [0.1, 0.15) is 22.3 Å². The minimum atomic E-state index is -0.532. The number of fused-ring (bicyclic) bond motifs is 6. The van der Waals surface area contributed by atoms with Gasteiger partial charge in [0.25, 0.3) is 0 Å². The number of benzene rings is 13. The van der Waals surface area contributed by atoms with Crippen LogP contribution in [0.4, 0.5) is 17.1 Å². The van der Waals surface area contributed by atoms with Crippen molar-refractivity contribution in [3.63, 3.8) is 0 Å². The van der Waals surface area contributed by atoms with E-state index in [1.54, 1.807) is 0 Å². The van der Waals surface area contributed by atoms with Gasteiger partial charge in [0.15, 0.2) is 0 Å². The molecule has 0 aromatic heterocycles. The Morgan fingerprint density at radius 3 is 1.26 bits per heavy atom. The lowest BCUT2D eigenvalue weighted by molar-refractivity contribution is 0.768. The summed E-state index contributed by atoms with van der Waals surface area (Å²) < 4.78 is 0. The van der Waals surface area contributed by atoms with Gasteiger partial charge >= 0.3 is 0 Å². The lowest BCUT2D eigenvalue weighted by Crippen LogP contribution is -2.28. The average Bonchev–Trinajstić information content (AvgIpc) is 4.00. The molecule has 0 saturated heterocycles. The van der Waals surface area contributed by atoms with Crippen LogP contribution >= 0.6 is 0 Å². The van der Waals surface area contributed by atoms with E-state index in [0.29, 0.717) is 0 Å². The standard InChI is InChI=1S/C75H51N/c1-5-22-52(23-6-1)53-40-42-54(43-41-53)57-28-21-29-58(50-57)73-68-36-15-13-32-64(68)65-33-14-16-37-69(65)74(73)76(62-48-49-63(55-24-7-2-8-25-55)70(51-62)56-26-9-3-10-27-56)61-46-44-60(45-47-61)75(59-30-11-4-12-31-59)71-38-19-17-34-66(71)67-35-18-20-39-72(67)75/h1-51H. The molecule has 0 spiro atoms. The van der Waals surface area contributed by atoms with Gasteiger partial charge in [-0.15, -0.1) is 0 Å². The monoisotopic (exact) mass is 965 g/mol. The van der Waals surface area contributed by atoms with E-state index in [1.807, 2.05) is 0 Å². The molecule has 0 unspecified atom stereocenters. The van der Waals surface area contributed by atoms with Gasteiger partial charge in [0.05, 0.1) is 11.1 Å². The highest BCUT2D eigenvalue weighted by Crippen LogP contribution is 2.57. The van der Waals surface area contributed by atoms with Gasteiger partial charge in [0, 0.05) is 22.3 Å². The first-order valence-corrected chi connectivity index (χ1v) is 26.3. The lowest BCUT2D eigenvalue weighted by Gasteiger charge is -2.35. The molecule has 1 nitrogen and oxygen atoms in total. The fraction of sp³-hybridized carbons (Fsp3) is 0.0133. The summed E-state index contributed by atoms with van der Waals surface area (Å²) in [5.74, 6) is 0. The van der Waals surface area contributed by atoms with Crippen molar-refractivity contribution in [3.05, 3.63) is 332 Å². The second-order valence-electron chi connectivity index (χ2n) is 19.9. The van der Waals surface area contributed by atoms with Gasteiger partial charge in [-0.25, -0.2) is 0 Å². The number of hydrogen-bond acceptors (Lipinski definition) is 1. The van der Waals surface area contributed by atoms with E-state index in [-0.39, 0.29) is 0 Å². The Kier molecular flexibility index (Phi) is 11.2. The summed E-state index contributed by atoms with van der Waals surface area (Å²) in [7, 11) is 0. The summed E-state index contributed by atoms with van der Waals surface area (Å²) in [6.45, 7) is 0. The Morgan fingerprint density at radius 2 is 0.645 bits per heavy atom. The van der Waals surface area contributed by atoms with E-state index in [0.717, 1.165) is 33.8 Å². The third kappa shape index (κ3) is 7.47. The Morgan fingerprint density at radius 1 is 0.224 bits per heavy atom. The third-order valence-electron chi connectivity index (χ3n) is 15.8. The zero-order chi connectivity index (χ0) is 50.4. The third-order valence-corrected chi connectivity index (χ3v) is 15.8. The maximum Gasteiger partial charge on any atom is 0.0713 e. The fourth-order valence-corrected chi connectivity index (χ4v) is 12.4. The average molecular weight is 966 g/mol. The predicted octanol–water partition coefficient (Wildman–Crippen LogP) is 20.2. The normalized spacial score (nSPS) is 12.3. The maximum absolute atomic E-state index is 2.54. The topological polar surface area (TPSA) is 3.24 Å². The van der Waals surface area contributed by atoms with Gasteiger partial charge in [-0.3, -0.25) is 0 Å². The van der Waals surface area contributed by atoms with Crippen LogP contribution in [0, 0.1) is 0 Å². The smallest absolute Gasteiger partial charge is 0.0713 e. The molecule has 0 heterocycles. The highest BCUT2D eigenvalue weighted by atomic mass is 15.1. The first kappa shape index (κ1) is 44.8. The Bertz CT molecular complexity index is 4190. The molecule has 0 fully saturated rings. The Labute approximate surface area is 444 Å². The Hall–Kier alpha value is -9.82. The van der Waals surface area contributed by atoms with Gasteiger partial charge in [-0.05, 0) is 130 Å². The zero-order valence-electron chi connectivity index (χ0n) is 41.9. The van der Waals surface area contributed by atoms with E-state index in [1.165, 1.54) is 93.9 Å². The molecule has 13 aromatic carbocycles. The van der Waals surface area contributed by atoms with E-state index in [2.05, 4.69) is 314 Å². The summed E-state index contributed by atoms with van der Waals surface area (Å²) in [5, 5.41) is 4.79. The van der Waals surface area contributed by atoms with Crippen molar-refractivity contribution in [2.24, 2.45) is 0 Å². The van der Waals surface area contributed by atoms with Crippen LogP contribution in [-0.2, 0) is 5.41 Å². The fourth-order valence-electron chi connectivity index (χ4n) is 12.4. The summed E-state index contributed by atoms with van der Waals surface area (Å²) in [6, 6.07) is 114. The molecule has 76 heavy (non-hydrogen) atoms. The molecular weight excluding hydrogens is 915 g/mol. The van der Waals surface area contributed by atoms with Gasteiger partial charge in [-0.1, -0.05) is 279 Å².